The highest BCUT2D eigenvalue weighted by atomic mass is 15.5. The molecule has 2 nitrogen and oxygen atoms in total. The van der Waals surface area contributed by atoms with Crippen LogP contribution in [0.3, 0.4) is 0 Å². The molecule has 0 amide bonds. The van der Waals surface area contributed by atoms with Crippen LogP contribution in [0.1, 0.15) is 27.2 Å². The highest BCUT2D eigenvalue weighted by Gasteiger charge is 2.13. The summed E-state index contributed by atoms with van der Waals surface area (Å²) < 4.78 is 0. The number of hydrogen-bond donors (Lipinski definition) is 1. The van der Waals surface area contributed by atoms with Gasteiger partial charge in [0.1, 0.15) is 0 Å². The molecule has 0 aliphatic rings. The lowest BCUT2D eigenvalue weighted by Gasteiger charge is -2.25. The number of hydrazine groups is 1. The van der Waals surface area contributed by atoms with E-state index in [1.807, 2.05) is 19.1 Å². The quantitative estimate of drug-likeness (QED) is 0.601. The first-order valence-electron chi connectivity index (χ1n) is 3.89. The summed E-state index contributed by atoms with van der Waals surface area (Å²) in [5, 5.41) is 2.00. The van der Waals surface area contributed by atoms with Gasteiger partial charge in [-0.15, -0.1) is 0 Å². The van der Waals surface area contributed by atoms with E-state index in [9.17, 15) is 0 Å². The predicted molar refractivity (Wildman–Crippen MR) is 45.8 cm³/mol. The van der Waals surface area contributed by atoms with Gasteiger partial charge in [0.2, 0.25) is 0 Å². The highest BCUT2D eigenvalue weighted by Crippen LogP contribution is 2.17. The van der Waals surface area contributed by atoms with Crippen molar-refractivity contribution in [3.63, 3.8) is 0 Å². The van der Waals surface area contributed by atoms with Gasteiger partial charge in [0, 0.05) is 20.6 Å². The van der Waals surface area contributed by atoms with Crippen LogP contribution in [0.25, 0.3) is 0 Å². The van der Waals surface area contributed by atoms with E-state index in [-0.39, 0.29) is 0 Å². The zero-order valence-electron chi connectivity index (χ0n) is 7.86. The second kappa shape index (κ2) is 3.94. The molecule has 0 atom stereocenters. The summed E-state index contributed by atoms with van der Waals surface area (Å²) in [4.78, 5) is 0. The number of nitrogens with zero attached hydrogens (tertiary/aromatic N) is 1. The van der Waals surface area contributed by atoms with E-state index in [1.165, 1.54) is 6.42 Å². The third kappa shape index (κ3) is 4.77. The van der Waals surface area contributed by atoms with Crippen molar-refractivity contribution in [2.75, 3.05) is 20.6 Å². The van der Waals surface area contributed by atoms with E-state index in [2.05, 4.69) is 26.2 Å². The van der Waals surface area contributed by atoms with Crippen LogP contribution in [-0.2, 0) is 0 Å². The molecule has 0 saturated carbocycles. The van der Waals surface area contributed by atoms with Gasteiger partial charge in [0.25, 0.3) is 0 Å². The number of hydrogen-bond acceptors (Lipinski definition) is 2. The normalized spacial score (nSPS) is 12.6. The molecule has 0 saturated heterocycles. The minimum absolute atomic E-state index is 0.421. The molecule has 0 heterocycles. The van der Waals surface area contributed by atoms with Crippen molar-refractivity contribution in [2.24, 2.45) is 5.41 Å². The monoisotopic (exact) mass is 144 g/mol. The first-order chi connectivity index (χ1) is 4.48. The van der Waals surface area contributed by atoms with E-state index in [4.69, 9.17) is 0 Å². The Hall–Kier alpha value is -0.0800. The third-order valence-electron chi connectivity index (χ3n) is 1.83. The average molecular weight is 144 g/mol. The lowest BCUT2D eigenvalue weighted by Crippen LogP contribution is -2.37. The molecule has 62 valence electrons. The van der Waals surface area contributed by atoms with Gasteiger partial charge < -0.3 is 0 Å². The van der Waals surface area contributed by atoms with Crippen molar-refractivity contribution in [3.8, 4) is 0 Å². The third-order valence-corrected chi connectivity index (χ3v) is 1.83. The van der Waals surface area contributed by atoms with Gasteiger partial charge in [-0.05, 0) is 11.8 Å². The van der Waals surface area contributed by atoms with Crippen molar-refractivity contribution in [1.29, 1.82) is 0 Å². The second-order valence-corrected chi connectivity index (χ2v) is 3.75. The maximum atomic E-state index is 3.27. The van der Waals surface area contributed by atoms with Crippen molar-refractivity contribution >= 4 is 0 Å². The Kier molecular flexibility index (Phi) is 3.91. The zero-order valence-corrected chi connectivity index (χ0v) is 7.86. The molecular weight excluding hydrogens is 124 g/mol. The van der Waals surface area contributed by atoms with Gasteiger partial charge in [-0.2, -0.15) is 0 Å². The van der Waals surface area contributed by atoms with Crippen LogP contribution in [-0.4, -0.2) is 25.6 Å². The lowest BCUT2D eigenvalue weighted by molar-refractivity contribution is 0.214. The molecule has 0 radical (unpaired) electrons. The second-order valence-electron chi connectivity index (χ2n) is 3.75. The van der Waals surface area contributed by atoms with Crippen molar-refractivity contribution in [3.05, 3.63) is 0 Å². The number of rotatable bonds is 4. The molecule has 0 aliphatic heterocycles. The average Bonchev–Trinajstić information content (AvgIpc) is 1.85. The fourth-order valence-electron chi connectivity index (χ4n) is 0.497. The standard InChI is InChI=1S/C8H20N2/c1-6-8(2,3)7-9-10(4)5/h9H,6-7H2,1-5H3. The summed E-state index contributed by atoms with van der Waals surface area (Å²) in [6, 6.07) is 0. The van der Waals surface area contributed by atoms with Crippen LogP contribution >= 0.6 is 0 Å². The van der Waals surface area contributed by atoms with Crippen molar-refractivity contribution in [1.82, 2.24) is 10.4 Å². The summed E-state index contributed by atoms with van der Waals surface area (Å²) in [5.74, 6) is 0. The fourth-order valence-corrected chi connectivity index (χ4v) is 0.497. The Morgan fingerprint density at radius 1 is 1.30 bits per heavy atom. The smallest absolute Gasteiger partial charge is 0.0153 e. The van der Waals surface area contributed by atoms with E-state index in [0.717, 1.165) is 6.54 Å². The van der Waals surface area contributed by atoms with Crippen LogP contribution < -0.4 is 5.43 Å². The molecule has 0 spiro atoms. The summed E-state index contributed by atoms with van der Waals surface area (Å²) in [5.41, 5.74) is 3.69. The predicted octanol–water partition coefficient (Wildman–Crippen LogP) is 1.49. The molecule has 0 aliphatic carbocycles. The van der Waals surface area contributed by atoms with Gasteiger partial charge in [0.15, 0.2) is 0 Å². The molecule has 1 N–H and O–H groups in total. The van der Waals surface area contributed by atoms with Crippen LogP contribution in [0.5, 0.6) is 0 Å². The van der Waals surface area contributed by atoms with Crippen LogP contribution in [0, 0.1) is 5.41 Å². The molecule has 0 aromatic heterocycles. The van der Waals surface area contributed by atoms with E-state index >= 15 is 0 Å². The molecule has 0 aromatic carbocycles. The van der Waals surface area contributed by atoms with Gasteiger partial charge in [-0.1, -0.05) is 20.8 Å². The van der Waals surface area contributed by atoms with E-state index in [1.54, 1.807) is 0 Å². The highest BCUT2D eigenvalue weighted by molar-refractivity contribution is 4.67. The maximum Gasteiger partial charge on any atom is 0.0153 e. The van der Waals surface area contributed by atoms with Crippen molar-refractivity contribution in [2.45, 2.75) is 27.2 Å². The Morgan fingerprint density at radius 2 is 1.80 bits per heavy atom. The molecule has 0 aromatic rings. The molecule has 2 heteroatoms. The summed E-state index contributed by atoms with van der Waals surface area (Å²) in [7, 11) is 4.04. The van der Waals surface area contributed by atoms with E-state index in [0.29, 0.717) is 5.41 Å². The Labute approximate surface area is 64.6 Å². The van der Waals surface area contributed by atoms with Crippen LogP contribution in [0.15, 0.2) is 0 Å². The summed E-state index contributed by atoms with van der Waals surface area (Å²) in [6.07, 6.45) is 1.22. The van der Waals surface area contributed by atoms with Crippen molar-refractivity contribution < 1.29 is 0 Å². The maximum absolute atomic E-state index is 3.27. The van der Waals surface area contributed by atoms with Crippen LogP contribution in [0.4, 0.5) is 0 Å². The number of nitrogens with one attached hydrogen (secondary N) is 1. The molecule has 0 bridgehead atoms. The minimum atomic E-state index is 0.421. The first-order valence-corrected chi connectivity index (χ1v) is 3.89. The first kappa shape index (κ1) is 9.92. The summed E-state index contributed by atoms with van der Waals surface area (Å²) in [6.45, 7) is 7.81. The molecule has 0 unspecified atom stereocenters. The van der Waals surface area contributed by atoms with Gasteiger partial charge in [0.05, 0.1) is 0 Å². The fraction of sp³-hybridized carbons (Fsp3) is 1.00. The minimum Gasteiger partial charge on any atom is -0.255 e. The Balaban J connectivity index is 3.46. The molecule has 0 rings (SSSR count). The molecular formula is C8H20N2. The topological polar surface area (TPSA) is 15.3 Å². The van der Waals surface area contributed by atoms with Gasteiger partial charge >= 0.3 is 0 Å². The lowest BCUT2D eigenvalue weighted by atomic mass is 9.91. The largest absolute Gasteiger partial charge is 0.255 e. The Bertz CT molecular complexity index is 87.3. The van der Waals surface area contributed by atoms with Crippen LogP contribution in [0.2, 0.25) is 0 Å². The van der Waals surface area contributed by atoms with Gasteiger partial charge in [-0.25, -0.2) is 0 Å². The zero-order chi connectivity index (χ0) is 8.20. The van der Waals surface area contributed by atoms with Gasteiger partial charge in [-0.3, -0.25) is 10.4 Å². The SMILES string of the molecule is CCC(C)(C)CNN(C)C. The van der Waals surface area contributed by atoms with E-state index < -0.39 is 0 Å². The summed E-state index contributed by atoms with van der Waals surface area (Å²) >= 11 is 0. The molecule has 10 heavy (non-hydrogen) atoms. The molecule has 0 fully saturated rings. The Morgan fingerprint density at radius 3 is 2.10 bits per heavy atom.